The standard InChI is InChI=1S/C16H29ClN2/c1-5-8-9-10-11-12-19-15(7-3)16(13(4)17)14(6-2)18-19/h13H,5-12H2,1-4H3. The molecule has 1 rings (SSSR count). The van der Waals surface area contributed by atoms with Crippen LogP contribution in [-0.2, 0) is 19.4 Å². The van der Waals surface area contributed by atoms with Gasteiger partial charge in [0.15, 0.2) is 0 Å². The van der Waals surface area contributed by atoms with E-state index in [0.29, 0.717) is 0 Å². The van der Waals surface area contributed by atoms with Crippen molar-refractivity contribution in [2.75, 3.05) is 0 Å². The molecule has 1 aromatic heterocycles. The maximum absolute atomic E-state index is 6.33. The zero-order valence-corrected chi connectivity index (χ0v) is 13.8. The Morgan fingerprint density at radius 1 is 1.05 bits per heavy atom. The van der Waals surface area contributed by atoms with E-state index in [9.17, 15) is 0 Å². The lowest BCUT2D eigenvalue weighted by Crippen LogP contribution is -2.06. The van der Waals surface area contributed by atoms with Crippen molar-refractivity contribution in [1.82, 2.24) is 9.78 Å². The van der Waals surface area contributed by atoms with Crippen LogP contribution in [0.15, 0.2) is 0 Å². The highest BCUT2D eigenvalue weighted by Crippen LogP contribution is 2.28. The second-order valence-corrected chi connectivity index (χ2v) is 5.92. The fourth-order valence-electron chi connectivity index (χ4n) is 2.71. The van der Waals surface area contributed by atoms with E-state index in [0.717, 1.165) is 19.4 Å². The summed E-state index contributed by atoms with van der Waals surface area (Å²) in [5, 5.41) is 4.84. The first-order valence-electron chi connectivity index (χ1n) is 7.88. The summed E-state index contributed by atoms with van der Waals surface area (Å²) in [4.78, 5) is 0. The molecule has 3 heteroatoms. The second-order valence-electron chi connectivity index (χ2n) is 5.27. The van der Waals surface area contributed by atoms with Gasteiger partial charge >= 0.3 is 0 Å². The van der Waals surface area contributed by atoms with Crippen LogP contribution in [0, 0.1) is 0 Å². The highest BCUT2D eigenvalue weighted by atomic mass is 35.5. The largest absolute Gasteiger partial charge is 0.269 e. The summed E-state index contributed by atoms with van der Waals surface area (Å²) in [6, 6.07) is 0. The molecule has 1 heterocycles. The molecule has 0 bridgehead atoms. The lowest BCUT2D eigenvalue weighted by molar-refractivity contribution is 0.516. The highest BCUT2D eigenvalue weighted by Gasteiger charge is 2.18. The monoisotopic (exact) mass is 284 g/mol. The number of aryl methyl sites for hydroxylation is 2. The van der Waals surface area contributed by atoms with Crippen LogP contribution in [0.1, 0.15) is 82.1 Å². The summed E-state index contributed by atoms with van der Waals surface area (Å²) in [6.07, 6.45) is 8.53. The molecular weight excluding hydrogens is 256 g/mol. The molecule has 0 spiro atoms. The van der Waals surface area contributed by atoms with Crippen molar-refractivity contribution >= 4 is 11.6 Å². The molecule has 0 saturated heterocycles. The van der Waals surface area contributed by atoms with Crippen molar-refractivity contribution in [3.05, 3.63) is 17.0 Å². The van der Waals surface area contributed by atoms with Gasteiger partial charge in [0.1, 0.15) is 0 Å². The molecule has 0 fully saturated rings. The quantitative estimate of drug-likeness (QED) is 0.446. The Labute approximate surface area is 123 Å². The minimum Gasteiger partial charge on any atom is -0.269 e. The third kappa shape index (κ3) is 4.52. The molecule has 1 aromatic rings. The van der Waals surface area contributed by atoms with Crippen molar-refractivity contribution in [2.24, 2.45) is 0 Å². The Bertz CT molecular complexity index is 369. The average Bonchev–Trinajstić information content (AvgIpc) is 2.76. The SMILES string of the molecule is CCCCCCCn1nc(CC)c(C(C)Cl)c1CC. The van der Waals surface area contributed by atoms with Crippen molar-refractivity contribution in [2.45, 2.75) is 84.6 Å². The van der Waals surface area contributed by atoms with E-state index in [1.807, 2.05) is 0 Å². The second kappa shape index (κ2) is 8.63. The van der Waals surface area contributed by atoms with Crippen molar-refractivity contribution in [1.29, 1.82) is 0 Å². The van der Waals surface area contributed by atoms with Gasteiger partial charge < -0.3 is 0 Å². The number of alkyl halides is 1. The zero-order chi connectivity index (χ0) is 14.3. The van der Waals surface area contributed by atoms with Crippen molar-refractivity contribution in [3.8, 4) is 0 Å². The zero-order valence-electron chi connectivity index (χ0n) is 13.0. The molecular formula is C16H29ClN2. The van der Waals surface area contributed by atoms with E-state index in [4.69, 9.17) is 16.7 Å². The van der Waals surface area contributed by atoms with E-state index >= 15 is 0 Å². The predicted molar refractivity (Wildman–Crippen MR) is 84.0 cm³/mol. The average molecular weight is 285 g/mol. The number of rotatable bonds is 9. The summed E-state index contributed by atoms with van der Waals surface area (Å²) in [5.41, 5.74) is 3.81. The van der Waals surface area contributed by atoms with Gasteiger partial charge in [-0.25, -0.2) is 0 Å². The van der Waals surface area contributed by atoms with Crippen LogP contribution in [0.5, 0.6) is 0 Å². The highest BCUT2D eigenvalue weighted by molar-refractivity contribution is 6.20. The van der Waals surface area contributed by atoms with Gasteiger partial charge in [0.25, 0.3) is 0 Å². The Kier molecular flexibility index (Phi) is 7.52. The minimum absolute atomic E-state index is 0.0683. The van der Waals surface area contributed by atoms with Gasteiger partial charge in [-0.05, 0) is 26.2 Å². The summed E-state index contributed by atoms with van der Waals surface area (Å²) in [5.74, 6) is 0. The van der Waals surface area contributed by atoms with Crippen molar-refractivity contribution in [3.63, 3.8) is 0 Å². The molecule has 1 atom stereocenters. The van der Waals surface area contributed by atoms with E-state index in [1.165, 1.54) is 49.1 Å². The van der Waals surface area contributed by atoms with Gasteiger partial charge in [0.05, 0.1) is 11.1 Å². The number of aromatic nitrogens is 2. The number of halogens is 1. The Morgan fingerprint density at radius 2 is 1.74 bits per heavy atom. The predicted octanol–water partition coefficient (Wildman–Crippen LogP) is 5.28. The smallest absolute Gasteiger partial charge is 0.0671 e. The molecule has 0 aliphatic heterocycles. The molecule has 0 aromatic carbocycles. The van der Waals surface area contributed by atoms with E-state index in [-0.39, 0.29) is 5.38 Å². The van der Waals surface area contributed by atoms with Crippen LogP contribution < -0.4 is 0 Å². The molecule has 0 N–H and O–H groups in total. The Hall–Kier alpha value is -0.500. The lowest BCUT2D eigenvalue weighted by atomic mass is 10.1. The van der Waals surface area contributed by atoms with Crippen LogP contribution in [0.25, 0.3) is 0 Å². The number of hydrogen-bond acceptors (Lipinski definition) is 1. The van der Waals surface area contributed by atoms with E-state index < -0.39 is 0 Å². The molecule has 0 aliphatic carbocycles. The maximum atomic E-state index is 6.33. The van der Waals surface area contributed by atoms with Crippen LogP contribution in [0.3, 0.4) is 0 Å². The van der Waals surface area contributed by atoms with E-state index in [2.05, 4.69) is 32.4 Å². The lowest BCUT2D eigenvalue weighted by Gasteiger charge is -2.09. The molecule has 0 saturated carbocycles. The fourth-order valence-corrected chi connectivity index (χ4v) is 2.96. The van der Waals surface area contributed by atoms with Gasteiger partial charge in [0.2, 0.25) is 0 Å². The van der Waals surface area contributed by atoms with E-state index in [1.54, 1.807) is 0 Å². The summed E-state index contributed by atoms with van der Waals surface area (Å²) in [7, 11) is 0. The van der Waals surface area contributed by atoms with Gasteiger partial charge in [-0.2, -0.15) is 5.10 Å². The van der Waals surface area contributed by atoms with Gasteiger partial charge in [-0.1, -0.05) is 46.5 Å². The fraction of sp³-hybridized carbons (Fsp3) is 0.812. The summed E-state index contributed by atoms with van der Waals surface area (Å²) < 4.78 is 2.21. The molecule has 0 amide bonds. The first-order valence-corrected chi connectivity index (χ1v) is 8.31. The molecule has 110 valence electrons. The summed E-state index contributed by atoms with van der Waals surface area (Å²) in [6.45, 7) is 9.72. The molecule has 0 radical (unpaired) electrons. The van der Waals surface area contributed by atoms with Crippen LogP contribution in [0.2, 0.25) is 0 Å². The number of unbranched alkanes of at least 4 members (excludes halogenated alkanes) is 4. The minimum atomic E-state index is 0.0683. The van der Waals surface area contributed by atoms with Crippen LogP contribution >= 0.6 is 11.6 Å². The third-order valence-corrected chi connectivity index (χ3v) is 3.93. The first kappa shape index (κ1) is 16.6. The maximum Gasteiger partial charge on any atom is 0.0671 e. The first-order chi connectivity index (χ1) is 9.15. The Balaban J connectivity index is 2.72. The molecule has 2 nitrogen and oxygen atoms in total. The topological polar surface area (TPSA) is 17.8 Å². The van der Waals surface area contributed by atoms with Crippen LogP contribution in [-0.4, -0.2) is 9.78 Å². The van der Waals surface area contributed by atoms with Gasteiger partial charge in [-0.15, -0.1) is 11.6 Å². The third-order valence-electron chi connectivity index (χ3n) is 3.72. The Morgan fingerprint density at radius 3 is 2.26 bits per heavy atom. The number of nitrogens with zero attached hydrogens (tertiary/aromatic N) is 2. The summed E-state index contributed by atoms with van der Waals surface area (Å²) >= 11 is 6.33. The van der Waals surface area contributed by atoms with Gasteiger partial charge in [0, 0.05) is 17.8 Å². The van der Waals surface area contributed by atoms with Crippen LogP contribution in [0.4, 0.5) is 0 Å². The van der Waals surface area contributed by atoms with Crippen molar-refractivity contribution < 1.29 is 0 Å². The molecule has 19 heavy (non-hydrogen) atoms. The number of hydrogen-bond donors (Lipinski definition) is 0. The van der Waals surface area contributed by atoms with Gasteiger partial charge in [-0.3, -0.25) is 4.68 Å². The molecule has 0 aliphatic rings. The normalized spacial score (nSPS) is 12.9. The molecule has 1 unspecified atom stereocenters.